The average molecular weight is 181 g/mol. The van der Waals surface area contributed by atoms with Gasteiger partial charge in [0, 0.05) is 11.8 Å². The molecular weight excluding hydrogens is 166 g/mol. The van der Waals surface area contributed by atoms with Crippen molar-refractivity contribution in [3.05, 3.63) is 17.3 Å². The molecule has 0 amide bonds. The number of carbonyl (C=O) groups is 1. The molecule has 0 aliphatic rings. The van der Waals surface area contributed by atoms with Crippen LogP contribution in [-0.2, 0) is 11.8 Å². The highest BCUT2D eigenvalue weighted by atomic mass is 16.4. The van der Waals surface area contributed by atoms with Crippen LogP contribution in [-0.4, -0.2) is 11.3 Å². The quantitative estimate of drug-likeness (QED) is 0.658. The summed E-state index contributed by atoms with van der Waals surface area (Å²) < 4.78 is 5.26. The number of aryl methyl sites for hydroxylation is 1. The van der Waals surface area contributed by atoms with E-state index in [2.05, 4.69) is 25.8 Å². The van der Waals surface area contributed by atoms with Crippen LogP contribution in [0.2, 0.25) is 0 Å². The number of carbonyl (C=O) groups excluding carboxylic acids is 1. The van der Waals surface area contributed by atoms with E-state index in [9.17, 15) is 4.79 Å². The summed E-state index contributed by atoms with van der Waals surface area (Å²) in [5.41, 5.74) is 0.827. The molecule has 0 unspecified atom stereocenters. The van der Waals surface area contributed by atoms with Gasteiger partial charge in [-0.1, -0.05) is 27.7 Å². The van der Waals surface area contributed by atoms with Crippen molar-refractivity contribution in [1.29, 1.82) is 0 Å². The van der Waals surface area contributed by atoms with Gasteiger partial charge >= 0.3 is 0 Å². The van der Waals surface area contributed by atoms with Gasteiger partial charge in [-0.15, -0.1) is 0 Å². The minimum Gasteiger partial charge on any atom is -0.439 e. The van der Waals surface area contributed by atoms with Crippen molar-refractivity contribution in [2.45, 2.75) is 39.5 Å². The first-order valence-electron chi connectivity index (χ1n) is 4.44. The molecule has 0 aliphatic heterocycles. The highest BCUT2D eigenvalue weighted by Gasteiger charge is 2.23. The van der Waals surface area contributed by atoms with Crippen LogP contribution in [0, 0.1) is 0 Å². The summed E-state index contributed by atoms with van der Waals surface area (Å²) in [6, 6.07) is 0. The molecular formula is C10H15NO2. The molecule has 72 valence electrons. The summed E-state index contributed by atoms with van der Waals surface area (Å²) in [6.07, 6.45) is 1.42. The first-order valence-corrected chi connectivity index (χ1v) is 4.44. The molecule has 1 rings (SSSR count). The SMILES string of the molecule is CCc1oc(C=O)nc1C(C)(C)C. The van der Waals surface area contributed by atoms with Gasteiger partial charge in [-0.25, -0.2) is 4.98 Å². The summed E-state index contributed by atoms with van der Waals surface area (Å²) in [5.74, 6) is 0.997. The number of oxazole rings is 1. The molecule has 3 heteroatoms. The van der Waals surface area contributed by atoms with Crippen molar-refractivity contribution < 1.29 is 9.21 Å². The van der Waals surface area contributed by atoms with E-state index in [1.807, 2.05) is 6.92 Å². The van der Waals surface area contributed by atoms with E-state index in [1.54, 1.807) is 0 Å². The third kappa shape index (κ3) is 1.97. The van der Waals surface area contributed by atoms with Gasteiger partial charge in [-0.2, -0.15) is 0 Å². The molecule has 1 aromatic rings. The number of nitrogens with zero attached hydrogens (tertiary/aromatic N) is 1. The van der Waals surface area contributed by atoms with E-state index < -0.39 is 0 Å². The molecule has 0 aliphatic carbocycles. The molecule has 0 atom stereocenters. The fourth-order valence-electron chi connectivity index (χ4n) is 1.25. The van der Waals surface area contributed by atoms with Crippen LogP contribution in [0.4, 0.5) is 0 Å². The molecule has 13 heavy (non-hydrogen) atoms. The summed E-state index contributed by atoms with van der Waals surface area (Å²) >= 11 is 0. The van der Waals surface area contributed by atoms with Crippen LogP contribution in [0.5, 0.6) is 0 Å². The van der Waals surface area contributed by atoms with Crippen molar-refractivity contribution in [3.63, 3.8) is 0 Å². The highest BCUT2D eigenvalue weighted by molar-refractivity contribution is 5.67. The molecule has 0 aromatic carbocycles. The third-order valence-corrected chi connectivity index (χ3v) is 1.85. The lowest BCUT2D eigenvalue weighted by Gasteiger charge is -2.15. The molecule has 0 fully saturated rings. The number of aldehydes is 1. The highest BCUT2D eigenvalue weighted by Crippen LogP contribution is 2.25. The summed E-state index contributed by atoms with van der Waals surface area (Å²) in [5, 5.41) is 0. The van der Waals surface area contributed by atoms with E-state index in [4.69, 9.17) is 4.42 Å². The van der Waals surface area contributed by atoms with Crippen LogP contribution in [0.1, 0.15) is 49.8 Å². The monoisotopic (exact) mass is 181 g/mol. The van der Waals surface area contributed by atoms with Gasteiger partial charge in [-0.05, 0) is 0 Å². The molecule has 0 N–H and O–H groups in total. The minimum atomic E-state index is -0.0594. The number of rotatable bonds is 2. The lowest BCUT2D eigenvalue weighted by Crippen LogP contribution is -2.14. The third-order valence-electron chi connectivity index (χ3n) is 1.85. The Labute approximate surface area is 78.2 Å². The van der Waals surface area contributed by atoms with E-state index in [0.717, 1.165) is 17.9 Å². The zero-order chi connectivity index (χ0) is 10.1. The molecule has 1 aromatic heterocycles. The summed E-state index contributed by atoms with van der Waals surface area (Å²) in [7, 11) is 0. The fraction of sp³-hybridized carbons (Fsp3) is 0.600. The van der Waals surface area contributed by atoms with Crippen molar-refractivity contribution in [2.75, 3.05) is 0 Å². The van der Waals surface area contributed by atoms with Crippen molar-refractivity contribution >= 4 is 6.29 Å². The Bertz CT molecular complexity index is 307. The number of hydrogen-bond donors (Lipinski definition) is 0. The van der Waals surface area contributed by atoms with Crippen LogP contribution in [0.25, 0.3) is 0 Å². The second-order valence-electron chi connectivity index (χ2n) is 4.05. The minimum absolute atomic E-state index is 0.0594. The first kappa shape index (κ1) is 9.96. The van der Waals surface area contributed by atoms with Gasteiger partial charge < -0.3 is 4.42 Å². The zero-order valence-electron chi connectivity index (χ0n) is 8.55. The normalized spacial score (nSPS) is 11.7. The first-order chi connectivity index (χ1) is 5.99. The van der Waals surface area contributed by atoms with E-state index in [-0.39, 0.29) is 11.3 Å². The predicted octanol–water partition coefficient (Wildman–Crippen LogP) is 2.35. The van der Waals surface area contributed by atoms with Crippen LogP contribution in [0.15, 0.2) is 4.42 Å². The Morgan fingerprint density at radius 3 is 2.38 bits per heavy atom. The lowest BCUT2D eigenvalue weighted by atomic mass is 9.90. The number of hydrogen-bond acceptors (Lipinski definition) is 3. The van der Waals surface area contributed by atoms with E-state index in [0.29, 0.717) is 6.29 Å². The molecule has 0 bridgehead atoms. The Hall–Kier alpha value is -1.12. The molecule has 0 spiro atoms. The largest absolute Gasteiger partial charge is 0.439 e. The Kier molecular flexibility index (Phi) is 2.55. The predicted molar refractivity (Wildman–Crippen MR) is 50.0 cm³/mol. The Morgan fingerprint density at radius 1 is 1.46 bits per heavy atom. The molecule has 0 radical (unpaired) electrons. The summed E-state index contributed by atoms with van der Waals surface area (Å²) in [6.45, 7) is 8.15. The lowest BCUT2D eigenvalue weighted by molar-refractivity contribution is 0.109. The van der Waals surface area contributed by atoms with Gasteiger partial charge in [0.25, 0.3) is 5.89 Å². The van der Waals surface area contributed by atoms with Crippen molar-refractivity contribution in [1.82, 2.24) is 4.98 Å². The standard InChI is InChI=1S/C10H15NO2/c1-5-7-9(10(2,3)4)11-8(6-12)13-7/h6H,5H2,1-4H3. The fourth-order valence-corrected chi connectivity index (χ4v) is 1.25. The Morgan fingerprint density at radius 2 is 2.08 bits per heavy atom. The average Bonchev–Trinajstić information content (AvgIpc) is 2.46. The van der Waals surface area contributed by atoms with Crippen LogP contribution < -0.4 is 0 Å². The maximum absolute atomic E-state index is 10.5. The maximum atomic E-state index is 10.5. The van der Waals surface area contributed by atoms with E-state index >= 15 is 0 Å². The van der Waals surface area contributed by atoms with Crippen LogP contribution in [0.3, 0.4) is 0 Å². The zero-order valence-corrected chi connectivity index (χ0v) is 8.55. The van der Waals surface area contributed by atoms with Crippen LogP contribution >= 0.6 is 0 Å². The second-order valence-corrected chi connectivity index (χ2v) is 4.05. The number of aromatic nitrogens is 1. The van der Waals surface area contributed by atoms with Gasteiger partial charge in [0.2, 0.25) is 6.29 Å². The van der Waals surface area contributed by atoms with Crippen molar-refractivity contribution in [2.24, 2.45) is 0 Å². The van der Waals surface area contributed by atoms with Gasteiger partial charge in [0.05, 0.1) is 5.69 Å². The van der Waals surface area contributed by atoms with Gasteiger partial charge in [-0.3, -0.25) is 4.79 Å². The maximum Gasteiger partial charge on any atom is 0.260 e. The molecule has 1 heterocycles. The molecule has 0 saturated carbocycles. The second kappa shape index (κ2) is 3.32. The van der Waals surface area contributed by atoms with E-state index in [1.165, 1.54) is 0 Å². The topological polar surface area (TPSA) is 43.1 Å². The van der Waals surface area contributed by atoms with Crippen molar-refractivity contribution in [3.8, 4) is 0 Å². The van der Waals surface area contributed by atoms with Gasteiger partial charge in [0.15, 0.2) is 0 Å². The van der Waals surface area contributed by atoms with Gasteiger partial charge in [0.1, 0.15) is 5.76 Å². The molecule has 3 nitrogen and oxygen atoms in total. The molecule has 0 saturated heterocycles. The smallest absolute Gasteiger partial charge is 0.260 e. The Balaban J connectivity index is 3.19. The summed E-state index contributed by atoms with van der Waals surface area (Å²) in [4.78, 5) is 14.6.